The summed E-state index contributed by atoms with van der Waals surface area (Å²) in [6.07, 6.45) is 3.88. The van der Waals surface area contributed by atoms with Crippen molar-refractivity contribution in [3.63, 3.8) is 0 Å². The molecule has 1 N–H and O–H groups in total. The van der Waals surface area contributed by atoms with Crippen LogP contribution >= 0.6 is 11.3 Å². The first-order chi connectivity index (χ1) is 13.1. The molecule has 0 bridgehead atoms. The lowest BCUT2D eigenvalue weighted by Crippen LogP contribution is -2.16. The van der Waals surface area contributed by atoms with Gasteiger partial charge in [-0.05, 0) is 37.1 Å². The van der Waals surface area contributed by atoms with Crippen molar-refractivity contribution in [3.8, 4) is 0 Å². The van der Waals surface area contributed by atoms with Crippen molar-refractivity contribution >= 4 is 34.0 Å². The van der Waals surface area contributed by atoms with Crippen molar-refractivity contribution in [1.82, 2.24) is 14.6 Å². The molecule has 8 heteroatoms. The van der Waals surface area contributed by atoms with Crippen molar-refractivity contribution in [2.45, 2.75) is 26.8 Å². The van der Waals surface area contributed by atoms with Crippen molar-refractivity contribution in [2.75, 3.05) is 11.9 Å². The minimum atomic E-state index is -0.359. The zero-order valence-corrected chi connectivity index (χ0v) is 16.0. The van der Waals surface area contributed by atoms with E-state index in [0.717, 1.165) is 22.7 Å². The molecule has 140 valence electrons. The number of aromatic nitrogens is 3. The Hall–Kier alpha value is -3.00. The van der Waals surface area contributed by atoms with Gasteiger partial charge < -0.3 is 10.1 Å². The maximum absolute atomic E-state index is 12.2. The number of rotatable bonds is 7. The lowest BCUT2D eigenvalue weighted by atomic mass is 10.2. The number of hydrogen-bond acceptors (Lipinski definition) is 7. The first-order valence-electron chi connectivity index (χ1n) is 8.66. The molecule has 0 aliphatic rings. The van der Waals surface area contributed by atoms with Crippen LogP contribution in [0.1, 0.15) is 30.1 Å². The van der Waals surface area contributed by atoms with Gasteiger partial charge in [-0.15, -0.1) is 0 Å². The number of anilines is 1. The first-order valence-corrected chi connectivity index (χ1v) is 9.48. The lowest BCUT2D eigenvalue weighted by Gasteiger charge is -2.06. The average Bonchev–Trinajstić information content (AvgIpc) is 3.10. The van der Waals surface area contributed by atoms with E-state index in [-0.39, 0.29) is 11.5 Å². The zero-order chi connectivity index (χ0) is 19.2. The predicted octanol–water partition coefficient (Wildman–Crippen LogP) is 2.90. The summed E-state index contributed by atoms with van der Waals surface area (Å²) in [5, 5.41) is 8.37. The predicted molar refractivity (Wildman–Crippen MR) is 106 cm³/mol. The van der Waals surface area contributed by atoms with E-state index in [2.05, 4.69) is 15.4 Å². The topological polar surface area (TPSA) is 85.6 Å². The van der Waals surface area contributed by atoms with Gasteiger partial charge in [-0.25, -0.2) is 9.78 Å². The van der Waals surface area contributed by atoms with Gasteiger partial charge in [-0.3, -0.25) is 4.79 Å². The molecule has 0 spiro atoms. The van der Waals surface area contributed by atoms with E-state index < -0.39 is 0 Å². The Balaban J connectivity index is 1.65. The van der Waals surface area contributed by atoms with Crippen LogP contribution in [0.25, 0.3) is 11.0 Å². The van der Waals surface area contributed by atoms with Crippen LogP contribution in [-0.2, 0) is 22.5 Å². The van der Waals surface area contributed by atoms with E-state index in [1.807, 2.05) is 31.2 Å². The van der Waals surface area contributed by atoms with Crippen molar-refractivity contribution < 1.29 is 9.53 Å². The molecule has 3 rings (SSSR count). The molecule has 0 saturated heterocycles. The summed E-state index contributed by atoms with van der Waals surface area (Å²) in [5.41, 5.74) is 2.27. The molecule has 3 aromatic rings. The number of benzene rings is 1. The molecular weight excluding hydrogens is 364 g/mol. The Labute approximate surface area is 160 Å². The summed E-state index contributed by atoms with van der Waals surface area (Å²) in [7, 11) is 0. The normalized spacial score (nSPS) is 11.2. The van der Waals surface area contributed by atoms with Gasteiger partial charge in [0, 0.05) is 17.8 Å². The Morgan fingerprint density at radius 3 is 2.78 bits per heavy atom. The summed E-state index contributed by atoms with van der Waals surface area (Å²) < 4.78 is 6.19. The van der Waals surface area contributed by atoms with Crippen LogP contribution in [0.5, 0.6) is 0 Å². The third-order valence-corrected chi connectivity index (χ3v) is 4.78. The maximum Gasteiger partial charge on any atom is 0.330 e. The number of carbonyl (C=O) groups excluding carboxylic acids is 1. The van der Waals surface area contributed by atoms with E-state index >= 15 is 0 Å². The van der Waals surface area contributed by atoms with Crippen LogP contribution in [0.15, 0.2) is 41.2 Å². The number of ether oxygens (including phenoxy) is 1. The standard InChI is InChI=1S/C19H20N4O3S/c1-3-16-22-23-17(24)11-15(21-19(23)27-16)12-20-14-8-5-13(6-9-14)7-10-18(25)26-4-2/h5-11,20H,3-4,12H2,1-2H3. The second-order valence-corrected chi connectivity index (χ2v) is 6.73. The summed E-state index contributed by atoms with van der Waals surface area (Å²) >= 11 is 1.43. The molecule has 0 aliphatic heterocycles. The fourth-order valence-corrected chi connectivity index (χ4v) is 3.25. The molecule has 0 aliphatic carbocycles. The summed E-state index contributed by atoms with van der Waals surface area (Å²) in [5.74, 6) is -0.359. The molecule has 27 heavy (non-hydrogen) atoms. The zero-order valence-electron chi connectivity index (χ0n) is 15.1. The summed E-state index contributed by atoms with van der Waals surface area (Å²) in [4.78, 5) is 28.6. The van der Waals surface area contributed by atoms with Crippen LogP contribution in [0.4, 0.5) is 5.69 Å². The van der Waals surface area contributed by atoms with Crippen LogP contribution in [0, 0.1) is 0 Å². The van der Waals surface area contributed by atoms with Gasteiger partial charge in [0.1, 0.15) is 5.01 Å². The smallest absolute Gasteiger partial charge is 0.330 e. The highest BCUT2D eigenvalue weighted by atomic mass is 32.1. The van der Waals surface area contributed by atoms with Gasteiger partial charge in [0.25, 0.3) is 5.56 Å². The molecule has 0 saturated carbocycles. The summed E-state index contributed by atoms with van der Waals surface area (Å²) in [6, 6.07) is 9.08. The fraction of sp³-hybridized carbons (Fsp3) is 0.263. The second-order valence-electron chi connectivity index (χ2n) is 5.69. The molecule has 0 unspecified atom stereocenters. The van der Waals surface area contributed by atoms with Gasteiger partial charge in [0.15, 0.2) is 0 Å². The Morgan fingerprint density at radius 2 is 2.07 bits per heavy atom. The third kappa shape index (κ3) is 4.79. The molecule has 0 amide bonds. The highest BCUT2D eigenvalue weighted by Gasteiger charge is 2.08. The first kappa shape index (κ1) is 18.8. The quantitative estimate of drug-likeness (QED) is 0.498. The molecular formula is C19H20N4O3S. The van der Waals surface area contributed by atoms with Crippen molar-refractivity contribution in [3.05, 3.63) is 63.0 Å². The largest absolute Gasteiger partial charge is 0.463 e. The van der Waals surface area contributed by atoms with E-state index in [1.165, 1.54) is 28.0 Å². The van der Waals surface area contributed by atoms with E-state index in [4.69, 9.17) is 4.74 Å². The molecule has 1 aromatic carbocycles. The Bertz CT molecular complexity index is 1020. The van der Waals surface area contributed by atoms with Crippen LogP contribution in [0.2, 0.25) is 0 Å². The van der Waals surface area contributed by atoms with Gasteiger partial charge >= 0.3 is 5.97 Å². The number of carbonyl (C=O) groups is 1. The van der Waals surface area contributed by atoms with Gasteiger partial charge in [-0.2, -0.15) is 9.61 Å². The van der Waals surface area contributed by atoms with Gasteiger partial charge in [0.05, 0.1) is 18.8 Å². The number of fused-ring (bicyclic) bond motifs is 1. The van der Waals surface area contributed by atoms with Gasteiger partial charge in [-0.1, -0.05) is 30.4 Å². The van der Waals surface area contributed by atoms with Crippen molar-refractivity contribution in [1.29, 1.82) is 0 Å². The fourth-order valence-electron chi connectivity index (χ4n) is 2.39. The monoisotopic (exact) mass is 384 g/mol. The average molecular weight is 384 g/mol. The number of nitrogens with zero attached hydrogens (tertiary/aromatic N) is 3. The molecule has 0 atom stereocenters. The van der Waals surface area contributed by atoms with Crippen LogP contribution < -0.4 is 10.9 Å². The third-order valence-electron chi connectivity index (χ3n) is 3.73. The van der Waals surface area contributed by atoms with Crippen molar-refractivity contribution in [2.24, 2.45) is 0 Å². The number of esters is 1. The molecule has 0 fully saturated rings. The highest BCUT2D eigenvalue weighted by molar-refractivity contribution is 7.16. The number of nitrogens with one attached hydrogen (secondary N) is 1. The minimum absolute atomic E-state index is 0.174. The number of aryl methyl sites for hydroxylation is 1. The van der Waals surface area contributed by atoms with E-state index in [9.17, 15) is 9.59 Å². The number of hydrogen-bond donors (Lipinski definition) is 1. The molecule has 7 nitrogen and oxygen atoms in total. The SMILES string of the molecule is CCOC(=O)C=Cc1ccc(NCc2cc(=O)n3nc(CC)sc3n2)cc1. The molecule has 2 aromatic heterocycles. The van der Waals surface area contributed by atoms with E-state index in [0.29, 0.717) is 23.8 Å². The van der Waals surface area contributed by atoms with Crippen LogP contribution in [0.3, 0.4) is 0 Å². The molecule has 0 radical (unpaired) electrons. The second kappa shape index (κ2) is 8.59. The van der Waals surface area contributed by atoms with Gasteiger partial charge in [0.2, 0.25) is 4.96 Å². The summed E-state index contributed by atoms with van der Waals surface area (Å²) in [6.45, 7) is 4.56. The Morgan fingerprint density at radius 1 is 1.30 bits per heavy atom. The van der Waals surface area contributed by atoms with E-state index in [1.54, 1.807) is 13.0 Å². The maximum atomic E-state index is 12.2. The highest BCUT2D eigenvalue weighted by Crippen LogP contribution is 2.14. The molecule has 2 heterocycles. The minimum Gasteiger partial charge on any atom is -0.463 e. The Kier molecular flexibility index (Phi) is 5.97. The van der Waals surface area contributed by atoms with Crippen LogP contribution in [-0.4, -0.2) is 27.2 Å². The lowest BCUT2D eigenvalue weighted by molar-refractivity contribution is -0.137.